The maximum Gasteiger partial charge on any atom is 0.132 e. The maximum absolute atomic E-state index is 14.1. The Balaban J connectivity index is 3.47. The highest BCUT2D eigenvalue weighted by Crippen LogP contribution is 2.39. The summed E-state index contributed by atoms with van der Waals surface area (Å²) in [5, 5.41) is 9.77. The van der Waals surface area contributed by atoms with Gasteiger partial charge in [-0.05, 0) is 25.5 Å². The summed E-state index contributed by atoms with van der Waals surface area (Å²) in [5.74, 6) is 0. The van der Waals surface area contributed by atoms with Gasteiger partial charge < -0.3 is 5.11 Å². The predicted octanol–water partition coefficient (Wildman–Crippen LogP) is 3.81. The first-order valence-electron chi connectivity index (χ1n) is 5.29. The van der Waals surface area contributed by atoms with E-state index in [9.17, 15) is 9.50 Å². The third-order valence-corrected chi connectivity index (χ3v) is 3.05. The van der Waals surface area contributed by atoms with Gasteiger partial charge in [0.1, 0.15) is 5.67 Å². The number of aliphatic hydroxyl groups is 1. The van der Waals surface area contributed by atoms with Gasteiger partial charge in [0, 0.05) is 16.0 Å². The molecule has 0 saturated heterocycles. The van der Waals surface area contributed by atoms with Crippen LogP contribution in [0.2, 0.25) is 5.02 Å². The van der Waals surface area contributed by atoms with E-state index in [0.717, 1.165) is 5.56 Å². The predicted molar refractivity (Wildman–Crippen MR) is 65.7 cm³/mol. The van der Waals surface area contributed by atoms with Crippen LogP contribution in [0.4, 0.5) is 4.39 Å². The lowest BCUT2D eigenvalue weighted by molar-refractivity contribution is 0.197. The van der Waals surface area contributed by atoms with Crippen molar-refractivity contribution in [1.29, 1.82) is 0 Å². The van der Waals surface area contributed by atoms with Crippen molar-refractivity contribution in [3.63, 3.8) is 0 Å². The first-order chi connectivity index (χ1) is 7.20. The zero-order valence-corrected chi connectivity index (χ0v) is 10.9. The molecule has 90 valence electrons. The molecule has 0 aliphatic carbocycles. The quantitative estimate of drug-likeness (QED) is 0.857. The van der Waals surface area contributed by atoms with E-state index in [4.69, 9.17) is 11.6 Å². The molecule has 0 amide bonds. The van der Waals surface area contributed by atoms with Gasteiger partial charge >= 0.3 is 0 Å². The standard InChI is InChI=1S/C13H18ClFO/c1-12(2,8-16)9-6-5-7-10(14)11(9)13(3,4)15/h5-7,16H,8H2,1-4H3. The summed E-state index contributed by atoms with van der Waals surface area (Å²) in [6, 6.07) is 5.28. The molecule has 1 N–H and O–H groups in total. The largest absolute Gasteiger partial charge is 0.395 e. The summed E-state index contributed by atoms with van der Waals surface area (Å²) >= 11 is 6.06. The highest BCUT2D eigenvalue weighted by molar-refractivity contribution is 6.31. The lowest BCUT2D eigenvalue weighted by Crippen LogP contribution is -2.27. The monoisotopic (exact) mass is 244 g/mol. The normalized spacial score (nSPS) is 12.9. The van der Waals surface area contributed by atoms with Gasteiger partial charge in [0.2, 0.25) is 0 Å². The number of aliphatic hydroxyl groups excluding tert-OH is 1. The zero-order valence-electron chi connectivity index (χ0n) is 10.1. The second-order valence-electron chi connectivity index (χ2n) is 5.18. The van der Waals surface area contributed by atoms with E-state index in [1.807, 2.05) is 19.9 Å². The van der Waals surface area contributed by atoms with Gasteiger partial charge in [-0.25, -0.2) is 4.39 Å². The molecule has 0 unspecified atom stereocenters. The van der Waals surface area contributed by atoms with E-state index in [2.05, 4.69) is 0 Å². The summed E-state index contributed by atoms with van der Waals surface area (Å²) in [5.41, 5.74) is -0.783. The minimum Gasteiger partial charge on any atom is -0.395 e. The number of alkyl halides is 1. The molecule has 1 aromatic rings. The molecule has 1 nitrogen and oxygen atoms in total. The van der Waals surface area contributed by atoms with E-state index >= 15 is 0 Å². The number of benzene rings is 1. The smallest absolute Gasteiger partial charge is 0.132 e. The highest BCUT2D eigenvalue weighted by atomic mass is 35.5. The van der Waals surface area contributed by atoms with Crippen molar-refractivity contribution in [1.82, 2.24) is 0 Å². The summed E-state index contributed by atoms with van der Waals surface area (Å²) < 4.78 is 14.1. The Bertz CT molecular complexity index is 380. The first-order valence-corrected chi connectivity index (χ1v) is 5.67. The van der Waals surface area contributed by atoms with Gasteiger partial charge in [-0.15, -0.1) is 0 Å². The summed E-state index contributed by atoms with van der Waals surface area (Å²) in [6.45, 7) is 6.65. The molecule has 3 heteroatoms. The van der Waals surface area contributed by atoms with Gasteiger partial charge in [-0.1, -0.05) is 37.6 Å². The molecule has 0 atom stereocenters. The maximum atomic E-state index is 14.1. The van der Waals surface area contributed by atoms with Crippen LogP contribution in [-0.4, -0.2) is 11.7 Å². The molecule has 0 radical (unpaired) electrons. The van der Waals surface area contributed by atoms with Crippen LogP contribution in [0.3, 0.4) is 0 Å². The zero-order chi connectivity index (χ0) is 12.6. The molecule has 0 aromatic heterocycles. The van der Waals surface area contributed by atoms with Crippen LogP contribution in [0.25, 0.3) is 0 Å². The van der Waals surface area contributed by atoms with Crippen LogP contribution in [0, 0.1) is 0 Å². The van der Waals surface area contributed by atoms with Crippen LogP contribution < -0.4 is 0 Å². The van der Waals surface area contributed by atoms with Crippen molar-refractivity contribution in [3.8, 4) is 0 Å². The molecule has 0 heterocycles. The second kappa shape index (κ2) is 4.34. The van der Waals surface area contributed by atoms with Crippen molar-refractivity contribution >= 4 is 11.6 Å². The van der Waals surface area contributed by atoms with Crippen LogP contribution in [0.1, 0.15) is 38.8 Å². The Kier molecular flexibility index (Phi) is 3.65. The molecule has 0 aliphatic rings. The summed E-state index contributed by atoms with van der Waals surface area (Å²) in [6.07, 6.45) is 0. The fraction of sp³-hybridized carbons (Fsp3) is 0.538. The fourth-order valence-electron chi connectivity index (χ4n) is 1.78. The molecule has 1 rings (SSSR count). The number of rotatable bonds is 3. The minimum atomic E-state index is -1.51. The van der Waals surface area contributed by atoms with E-state index in [1.54, 1.807) is 12.1 Å². The average Bonchev–Trinajstić information content (AvgIpc) is 2.15. The van der Waals surface area contributed by atoms with E-state index in [1.165, 1.54) is 13.8 Å². The molecular weight excluding hydrogens is 227 g/mol. The lowest BCUT2D eigenvalue weighted by atomic mass is 9.79. The molecule has 1 aromatic carbocycles. The number of halogens is 2. The van der Waals surface area contributed by atoms with Gasteiger partial charge in [0.05, 0.1) is 6.61 Å². The number of hydrogen-bond acceptors (Lipinski definition) is 1. The molecule has 0 spiro atoms. The van der Waals surface area contributed by atoms with Crippen molar-refractivity contribution < 1.29 is 9.50 Å². The fourth-order valence-corrected chi connectivity index (χ4v) is 2.18. The van der Waals surface area contributed by atoms with Gasteiger partial charge in [-0.3, -0.25) is 0 Å². The SMILES string of the molecule is CC(C)(F)c1c(Cl)cccc1C(C)(C)CO. The van der Waals surface area contributed by atoms with Crippen molar-refractivity contribution in [2.24, 2.45) is 0 Å². The molecule has 0 bridgehead atoms. The average molecular weight is 245 g/mol. The Morgan fingerprint density at radius 1 is 1.25 bits per heavy atom. The van der Waals surface area contributed by atoms with Crippen molar-refractivity contribution in [2.45, 2.75) is 38.8 Å². The summed E-state index contributed by atoms with van der Waals surface area (Å²) in [4.78, 5) is 0. The Morgan fingerprint density at radius 2 is 1.81 bits per heavy atom. The van der Waals surface area contributed by atoms with E-state index in [0.29, 0.717) is 10.6 Å². The van der Waals surface area contributed by atoms with Crippen LogP contribution in [-0.2, 0) is 11.1 Å². The van der Waals surface area contributed by atoms with Crippen molar-refractivity contribution in [2.75, 3.05) is 6.61 Å². The van der Waals surface area contributed by atoms with E-state index in [-0.39, 0.29) is 6.61 Å². The Morgan fingerprint density at radius 3 is 2.25 bits per heavy atom. The Labute approximate surface area is 101 Å². The van der Waals surface area contributed by atoms with Crippen LogP contribution in [0.15, 0.2) is 18.2 Å². The molecule has 0 fully saturated rings. The van der Waals surface area contributed by atoms with E-state index < -0.39 is 11.1 Å². The molecule has 0 saturated carbocycles. The van der Waals surface area contributed by atoms with Gasteiger partial charge in [0.25, 0.3) is 0 Å². The topological polar surface area (TPSA) is 20.2 Å². The molecule has 0 aliphatic heterocycles. The first kappa shape index (κ1) is 13.5. The van der Waals surface area contributed by atoms with Gasteiger partial charge in [-0.2, -0.15) is 0 Å². The number of hydrogen-bond donors (Lipinski definition) is 1. The Hall–Kier alpha value is -0.600. The molecule has 16 heavy (non-hydrogen) atoms. The van der Waals surface area contributed by atoms with Crippen LogP contribution in [0.5, 0.6) is 0 Å². The highest BCUT2D eigenvalue weighted by Gasteiger charge is 2.31. The van der Waals surface area contributed by atoms with Crippen LogP contribution >= 0.6 is 11.6 Å². The molecular formula is C13H18ClFO. The second-order valence-corrected chi connectivity index (χ2v) is 5.58. The van der Waals surface area contributed by atoms with Crippen molar-refractivity contribution in [3.05, 3.63) is 34.3 Å². The third kappa shape index (κ3) is 2.55. The van der Waals surface area contributed by atoms with Gasteiger partial charge in [0.15, 0.2) is 0 Å². The summed E-state index contributed by atoms with van der Waals surface area (Å²) in [7, 11) is 0. The lowest BCUT2D eigenvalue weighted by Gasteiger charge is -2.30. The third-order valence-electron chi connectivity index (χ3n) is 2.73. The minimum absolute atomic E-state index is 0.0452.